The van der Waals surface area contributed by atoms with Gasteiger partial charge in [-0.05, 0) is 32.6 Å². The van der Waals surface area contributed by atoms with Gasteiger partial charge in [-0.1, -0.05) is 13.8 Å². The van der Waals surface area contributed by atoms with E-state index in [1.54, 1.807) is 6.92 Å². The molecule has 1 aliphatic rings. The van der Waals surface area contributed by atoms with Crippen LogP contribution in [0.15, 0.2) is 0 Å². The normalized spacial score (nSPS) is 23.6. The van der Waals surface area contributed by atoms with Crippen LogP contribution in [0.5, 0.6) is 0 Å². The highest BCUT2D eigenvalue weighted by atomic mass is 16.4. The minimum absolute atomic E-state index is 0.0627. The number of nitrogens with one attached hydrogen (secondary N) is 1. The van der Waals surface area contributed by atoms with E-state index >= 15 is 0 Å². The zero-order valence-electron chi connectivity index (χ0n) is 9.34. The van der Waals surface area contributed by atoms with Gasteiger partial charge in [0.05, 0.1) is 5.92 Å². The lowest BCUT2D eigenvalue weighted by atomic mass is 9.74. The number of hydrogen-bond acceptors (Lipinski definition) is 2. The first-order valence-electron chi connectivity index (χ1n) is 5.51. The molecule has 3 nitrogen and oxygen atoms in total. The van der Waals surface area contributed by atoms with Crippen molar-refractivity contribution in [3.05, 3.63) is 0 Å². The molecule has 0 radical (unpaired) electrons. The second-order valence-electron chi connectivity index (χ2n) is 4.55. The van der Waals surface area contributed by atoms with E-state index in [-0.39, 0.29) is 17.5 Å². The lowest BCUT2D eigenvalue weighted by Crippen LogP contribution is -2.56. The summed E-state index contributed by atoms with van der Waals surface area (Å²) < 4.78 is 0. The molecule has 0 aromatic carbocycles. The smallest absolute Gasteiger partial charge is 0.307 e. The highest BCUT2D eigenvalue weighted by Crippen LogP contribution is 2.35. The van der Waals surface area contributed by atoms with E-state index in [0.717, 1.165) is 6.42 Å². The summed E-state index contributed by atoms with van der Waals surface area (Å²) in [6.45, 7) is 5.90. The largest absolute Gasteiger partial charge is 0.481 e. The Bertz CT molecular complexity index is 206. The Hall–Kier alpha value is -0.570. The third-order valence-electron chi connectivity index (χ3n) is 3.66. The van der Waals surface area contributed by atoms with Crippen molar-refractivity contribution in [3.8, 4) is 0 Å². The van der Waals surface area contributed by atoms with Crippen molar-refractivity contribution in [2.75, 3.05) is 0 Å². The Morgan fingerprint density at radius 1 is 1.50 bits per heavy atom. The SMILES string of the molecule is CCC1(NC(C)C(C)C(=O)O)CCC1. The van der Waals surface area contributed by atoms with Gasteiger partial charge in [-0.2, -0.15) is 0 Å². The van der Waals surface area contributed by atoms with Gasteiger partial charge >= 0.3 is 5.97 Å². The van der Waals surface area contributed by atoms with Crippen LogP contribution in [-0.2, 0) is 4.79 Å². The quantitative estimate of drug-likeness (QED) is 0.712. The van der Waals surface area contributed by atoms with Crippen LogP contribution in [0.4, 0.5) is 0 Å². The second-order valence-corrected chi connectivity index (χ2v) is 4.55. The van der Waals surface area contributed by atoms with E-state index in [4.69, 9.17) is 5.11 Å². The van der Waals surface area contributed by atoms with Crippen LogP contribution in [-0.4, -0.2) is 22.7 Å². The van der Waals surface area contributed by atoms with Crippen LogP contribution < -0.4 is 5.32 Å². The first kappa shape index (κ1) is 11.5. The molecule has 14 heavy (non-hydrogen) atoms. The van der Waals surface area contributed by atoms with Gasteiger partial charge in [-0.15, -0.1) is 0 Å². The molecule has 1 aliphatic carbocycles. The summed E-state index contributed by atoms with van der Waals surface area (Å²) in [6.07, 6.45) is 4.76. The summed E-state index contributed by atoms with van der Waals surface area (Å²) in [5.74, 6) is -1.02. The van der Waals surface area contributed by atoms with Crippen molar-refractivity contribution in [2.24, 2.45) is 5.92 Å². The molecule has 82 valence electrons. The maximum Gasteiger partial charge on any atom is 0.307 e. The molecule has 2 unspecified atom stereocenters. The minimum Gasteiger partial charge on any atom is -0.481 e. The molecule has 3 heteroatoms. The van der Waals surface area contributed by atoms with Crippen LogP contribution >= 0.6 is 0 Å². The molecule has 1 fully saturated rings. The number of carboxylic acids is 1. The molecule has 0 bridgehead atoms. The van der Waals surface area contributed by atoms with Crippen LogP contribution in [0.25, 0.3) is 0 Å². The standard InChI is InChI=1S/C11H21NO2/c1-4-11(6-5-7-11)12-9(3)8(2)10(13)14/h8-9,12H,4-7H2,1-3H3,(H,13,14). The fourth-order valence-electron chi connectivity index (χ4n) is 2.03. The lowest BCUT2D eigenvalue weighted by Gasteiger charge is -2.45. The zero-order chi connectivity index (χ0) is 10.8. The molecule has 0 aromatic heterocycles. The van der Waals surface area contributed by atoms with Crippen molar-refractivity contribution in [2.45, 2.75) is 58.0 Å². The summed E-state index contributed by atoms with van der Waals surface area (Å²) in [7, 11) is 0. The molecule has 2 atom stereocenters. The van der Waals surface area contributed by atoms with Crippen molar-refractivity contribution >= 4 is 5.97 Å². The average molecular weight is 199 g/mol. The van der Waals surface area contributed by atoms with E-state index in [9.17, 15) is 4.79 Å². The van der Waals surface area contributed by atoms with Gasteiger partial charge < -0.3 is 10.4 Å². The topological polar surface area (TPSA) is 49.3 Å². The van der Waals surface area contributed by atoms with Gasteiger partial charge in [0.1, 0.15) is 0 Å². The maximum absolute atomic E-state index is 10.8. The molecule has 0 amide bonds. The summed E-state index contributed by atoms with van der Waals surface area (Å²) >= 11 is 0. The number of carbonyl (C=O) groups is 1. The monoisotopic (exact) mass is 199 g/mol. The van der Waals surface area contributed by atoms with Gasteiger partial charge in [0.15, 0.2) is 0 Å². The molecular weight excluding hydrogens is 178 g/mol. The summed E-state index contributed by atoms with van der Waals surface area (Å²) in [5.41, 5.74) is 0.239. The fourth-order valence-corrected chi connectivity index (χ4v) is 2.03. The van der Waals surface area contributed by atoms with Gasteiger partial charge in [0.2, 0.25) is 0 Å². The van der Waals surface area contributed by atoms with Gasteiger partial charge in [0, 0.05) is 11.6 Å². The number of rotatable bonds is 5. The van der Waals surface area contributed by atoms with E-state index in [1.165, 1.54) is 19.3 Å². The Labute approximate surface area is 85.9 Å². The summed E-state index contributed by atoms with van der Waals surface area (Å²) in [6, 6.07) is 0.0627. The Morgan fingerprint density at radius 3 is 2.36 bits per heavy atom. The summed E-state index contributed by atoms with van der Waals surface area (Å²) in [5, 5.41) is 12.4. The molecule has 0 aliphatic heterocycles. The molecule has 1 rings (SSSR count). The minimum atomic E-state index is -0.712. The molecule has 1 saturated carbocycles. The van der Waals surface area contributed by atoms with Gasteiger partial charge in [-0.25, -0.2) is 0 Å². The number of aliphatic carboxylic acids is 1. The molecule has 0 spiro atoms. The average Bonchev–Trinajstić information content (AvgIpc) is 2.09. The highest BCUT2D eigenvalue weighted by molar-refractivity contribution is 5.70. The fraction of sp³-hybridized carbons (Fsp3) is 0.909. The highest BCUT2D eigenvalue weighted by Gasteiger charge is 2.37. The van der Waals surface area contributed by atoms with E-state index < -0.39 is 5.97 Å². The molecule has 0 saturated heterocycles. The third-order valence-corrected chi connectivity index (χ3v) is 3.66. The third kappa shape index (κ3) is 2.27. The van der Waals surface area contributed by atoms with Crippen LogP contribution in [0.2, 0.25) is 0 Å². The predicted molar refractivity (Wildman–Crippen MR) is 56.3 cm³/mol. The van der Waals surface area contributed by atoms with Crippen LogP contribution in [0.3, 0.4) is 0 Å². The van der Waals surface area contributed by atoms with E-state index in [1.807, 2.05) is 6.92 Å². The Balaban J connectivity index is 2.46. The lowest BCUT2D eigenvalue weighted by molar-refractivity contribution is -0.142. The van der Waals surface area contributed by atoms with Crippen molar-refractivity contribution in [1.29, 1.82) is 0 Å². The van der Waals surface area contributed by atoms with Gasteiger partial charge in [-0.3, -0.25) is 4.79 Å². The second kappa shape index (κ2) is 4.30. The predicted octanol–water partition coefficient (Wildman–Crippen LogP) is 2.02. The molecular formula is C11H21NO2. The molecule has 2 N–H and O–H groups in total. The summed E-state index contributed by atoms with van der Waals surface area (Å²) in [4.78, 5) is 10.8. The number of hydrogen-bond donors (Lipinski definition) is 2. The van der Waals surface area contributed by atoms with Gasteiger partial charge in [0.25, 0.3) is 0 Å². The van der Waals surface area contributed by atoms with Crippen molar-refractivity contribution in [3.63, 3.8) is 0 Å². The first-order chi connectivity index (χ1) is 6.51. The van der Waals surface area contributed by atoms with Crippen molar-refractivity contribution < 1.29 is 9.90 Å². The Morgan fingerprint density at radius 2 is 2.07 bits per heavy atom. The molecule has 0 aromatic rings. The van der Waals surface area contributed by atoms with Crippen LogP contribution in [0.1, 0.15) is 46.5 Å². The molecule has 0 heterocycles. The maximum atomic E-state index is 10.8. The van der Waals surface area contributed by atoms with E-state index in [2.05, 4.69) is 12.2 Å². The van der Waals surface area contributed by atoms with Crippen LogP contribution in [0, 0.1) is 5.92 Å². The van der Waals surface area contributed by atoms with E-state index in [0.29, 0.717) is 0 Å². The Kier molecular flexibility index (Phi) is 3.53. The number of carboxylic acid groups (broad SMARTS) is 1. The van der Waals surface area contributed by atoms with Crippen molar-refractivity contribution in [1.82, 2.24) is 5.32 Å². The zero-order valence-corrected chi connectivity index (χ0v) is 9.34. The first-order valence-corrected chi connectivity index (χ1v) is 5.51.